The fourth-order valence-electron chi connectivity index (χ4n) is 7.60. The molecule has 0 heterocycles. The molecule has 5 rings (SSSR count). The molecule has 228 valence electrons. The first-order chi connectivity index (χ1) is 19.7. The van der Waals surface area contributed by atoms with Crippen LogP contribution in [0.4, 0.5) is 5.69 Å². The summed E-state index contributed by atoms with van der Waals surface area (Å²) in [6.07, 6.45) is 4.66. The van der Waals surface area contributed by atoms with Crippen molar-refractivity contribution in [3.63, 3.8) is 0 Å². The number of carbonyl (C=O) groups is 3. The van der Waals surface area contributed by atoms with Gasteiger partial charge in [-0.1, -0.05) is 6.92 Å². The quantitative estimate of drug-likeness (QED) is 0.271. The predicted octanol–water partition coefficient (Wildman–Crippen LogP) is 1.70. The van der Waals surface area contributed by atoms with E-state index in [2.05, 4.69) is 12.2 Å². The first kappa shape index (κ1) is 30.1. The van der Waals surface area contributed by atoms with Crippen LogP contribution in [0.5, 0.6) is 5.75 Å². The highest BCUT2D eigenvalue weighted by atomic mass is 16.3. The van der Waals surface area contributed by atoms with Crippen molar-refractivity contribution in [2.45, 2.75) is 69.7 Å². The summed E-state index contributed by atoms with van der Waals surface area (Å²) in [5, 5.41) is 49.5. The summed E-state index contributed by atoms with van der Waals surface area (Å²) in [5.41, 5.74) is 3.90. The number of nitrogens with one attached hydrogen (secondary N) is 1. The molecule has 2 saturated carbocycles. The topological polar surface area (TPSA) is 177 Å². The van der Waals surface area contributed by atoms with Crippen LogP contribution in [0, 0.1) is 17.8 Å². The number of fused-ring (bicyclic) bond motifs is 3. The number of nitrogens with zero attached hydrogens (tertiary/aromatic N) is 2. The molecule has 1 aromatic rings. The number of aliphatic hydroxyl groups excluding tert-OH is 2. The Morgan fingerprint density at radius 2 is 1.74 bits per heavy atom. The van der Waals surface area contributed by atoms with Crippen molar-refractivity contribution in [1.29, 1.82) is 0 Å². The lowest BCUT2D eigenvalue weighted by Gasteiger charge is -2.50. The Hall–Kier alpha value is -3.41. The van der Waals surface area contributed by atoms with Crippen molar-refractivity contribution in [3.8, 4) is 5.75 Å². The zero-order valence-corrected chi connectivity index (χ0v) is 24.9. The number of hydrogen-bond donors (Lipinski definition) is 6. The molecule has 1 aromatic carbocycles. The van der Waals surface area contributed by atoms with Gasteiger partial charge in [-0.25, -0.2) is 0 Å². The third-order valence-electron chi connectivity index (χ3n) is 9.86. The highest BCUT2D eigenvalue weighted by Crippen LogP contribution is 2.54. The number of nitrogens with two attached hydrogens (primary N) is 1. The van der Waals surface area contributed by atoms with Gasteiger partial charge in [0.2, 0.25) is 5.78 Å². The number of benzene rings is 1. The van der Waals surface area contributed by atoms with Crippen molar-refractivity contribution in [2.24, 2.45) is 23.5 Å². The number of carbonyl (C=O) groups excluding carboxylic acids is 3. The Balaban J connectivity index is 1.62. The minimum absolute atomic E-state index is 0.0583. The molecule has 11 nitrogen and oxygen atoms in total. The number of primary amides is 1. The van der Waals surface area contributed by atoms with Gasteiger partial charge in [-0.2, -0.15) is 0 Å². The number of likely N-dealkylation sites (N-methyl/N-ethyl adjacent to an activating group) is 1. The van der Waals surface area contributed by atoms with Crippen molar-refractivity contribution in [2.75, 3.05) is 33.1 Å². The number of anilines is 1. The summed E-state index contributed by atoms with van der Waals surface area (Å²) in [6, 6.07) is 1.10. The summed E-state index contributed by atoms with van der Waals surface area (Å²) in [4.78, 5) is 43.0. The van der Waals surface area contributed by atoms with Crippen LogP contribution in [0.1, 0.15) is 55.7 Å². The number of rotatable bonds is 6. The average molecular weight is 583 g/mol. The number of hydrogen-bond acceptors (Lipinski definition) is 10. The lowest BCUT2D eigenvalue weighted by Crippen LogP contribution is -2.65. The van der Waals surface area contributed by atoms with E-state index in [1.807, 2.05) is 25.1 Å². The zero-order valence-electron chi connectivity index (χ0n) is 24.9. The van der Waals surface area contributed by atoms with Gasteiger partial charge < -0.3 is 36.4 Å². The predicted molar refractivity (Wildman–Crippen MR) is 157 cm³/mol. The smallest absolute Gasteiger partial charge is 0.255 e. The Morgan fingerprint density at radius 3 is 2.31 bits per heavy atom. The Labute approximate surface area is 245 Å². The summed E-state index contributed by atoms with van der Waals surface area (Å²) < 4.78 is 0. The number of amides is 1. The number of aromatic hydroxyl groups is 1. The number of Topliss-reactive ketones (excluding diaryl/α,β-unsaturated/α-hetero) is 2. The lowest BCUT2D eigenvalue weighted by molar-refractivity contribution is -0.153. The molecule has 1 amide bonds. The van der Waals surface area contributed by atoms with Gasteiger partial charge >= 0.3 is 0 Å². The summed E-state index contributed by atoms with van der Waals surface area (Å²) in [7, 11) is 6.89. The highest BCUT2D eigenvalue weighted by molar-refractivity contribution is 6.24. The van der Waals surface area contributed by atoms with Crippen LogP contribution < -0.4 is 16.0 Å². The van der Waals surface area contributed by atoms with Gasteiger partial charge in [0.05, 0.1) is 11.6 Å². The Kier molecular flexibility index (Phi) is 7.66. The molecule has 0 saturated heterocycles. The molecule has 0 bridgehead atoms. The third-order valence-corrected chi connectivity index (χ3v) is 9.86. The summed E-state index contributed by atoms with van der Waals surface area (Å²) in [5.74, 6) is -5.75. The molecule has 4 aliphatic carbocycles. The van der Waals surface area contributed by atoms with Crippen molar-refractivity contribution in [1.82, 2.24) is 10.2 Å². The normalized spacial score (nSPS) is 31.2. The average Bonchev–Trinajstić information content (AvgIpc) is 2.90. The van der Waals surface area contributed by atoms with E-state index in [-0.39, 0.29) is 29.7 Å². The van der Waals surface area contributed by atoms with Gasteiger partial charge in [-0.3, -0.25) is 19.3 Å². The van der Waals surface area contributed by atoms with Crippen LogP contribution in [0.25, 0.3) is 5.76 Å². The monoisotopic (exact) mass is 582 g/mol. The Bertz CT molecular complexity index is 1410. The minimum Gasteiger partial charge on any atom is -0.508 e. The third kappa shape index (κ3) is 4.49. The molecule has 4 aliphatic rings. The maximum Gasteiger partial charge on any atom is 0.255 e. The lowest BCUT2D eigenvalue weighted by atomic mass is 9.57. The molecular formula is C31H42N4O7. The van der Waals surface area contributed by atoms with Crippen LogP contribution >= 0.6 is 0 Å². The van der Waals surface area contributed by atoms with Crippen molar-refractivity contribution in [3.05, 3.63) is 39.7 Å². The van der Waals surface area contributed by atoms with E-state index in [4.69, 9.17) is 5.73 Å². The maximum atomic E-state index is 14.1. The van der Waals surface area contributed by atoms with Gasteiger partial charge in [0.15, 0.2) is 11.4 Å². The molecule has 11 heteroatoms. The SMILES string of the molecule is CC1CCC(NCc2cc(N(C)C)c3c(c2O)C(O)=C2C(=O)[C@@]4(O)C(O)=C(C(N)=O)C(=O)[C@H](N(C)C)[C@H]4C[C@H]2C3)CC1. The first-order valence-electron chi connectivity index (χ1n) is 14.6. The highest BCUT2D eigenvalue weighted by Gasteiger charge is 2.64. The van der Waals surface area contributed by atoms with E-state index in [0.717, 1.165) is 31.4 Å². The molecule has 0 unspecified atom stereocenters. The molecule has 0 aromatic heterocycles. The fraction of sp³-hybridized carbons (Fsp3) is 0.581. The van der Waals surface area contributed by atoms with E-state index in [9.17, 15) is 34.8 Å². The standard InChI is InChI=1S/C31H42N4O7/c1-14-6-8-17(9-7-14)33-13-16-12-20(34(2)3)18-10-15-11-19-24(35(4)5)27(38)23(30(32)41)29(40)31(19,42)28(39)21(15)26(37)22(18)25(16)36/h12,14-15,17,19,24,33,36-37,40,42H,6-11,13H2,1-5H3,(H2,32,41)/t14?,15-,17?,19-,24-,31-/m1/s1. The van der Waals surface area contributed by atoms with Gasteiger partial charge in [-0.15, -0.1) is 0 Å². The second-order valence-electron chi connectivity index (χ2n) is 13.0. The zero-order chi connectivity index (χ0) is 30.8. The van der Waals surface area contributed by atoms with Crippen LogP contribution in [-0.2, 0) is 27.3 Å². The van der Waals surface area contributed by atoms with Crippen LogP contribution in [0.3, 0.4) is 0 Å². The van der Waals surface area contributed by atoms with Crippen LogP contribution in [0.15, 0.2) is 23.0 Å². The van der Waals surface area contributed by atoms with Crippen molar-refractivity contribution < 1.29 is 34.8 Å². The first-order valence-corrected chi connectivity index (χ1v) is 14.6. The van der Waals surface area contributed by atoms with Gasteiger partial charge in [0, 0.05) is 49.4 Å². The summed E-state index contributed by atoms with van der Waals surface area (Å²) >= 11 is 0. The molecular weight excluding hydrogens is 540 g/mol. The van der Waals surface area contributed by atoms with Gasteiger partial charge in [-0.05, 0) is 76.1 Å². The van der Waals surface area contributed by atoms with E-state index >= 15 is 0 Å². The molecule has 2 fully saturated rings. The van der Waals surface area contributed by atoms with Gasteiger partial charge in [0.25, 0.3) is 5.91 Å². The fourth-order valence-corrected chi connectivity index (χ4v) is 7.60. The second kappa shape index (κ2) is 10.7. The second-order valence-corrected chi connectivity index (χ2v) is 13.0. The molecule has 4 atom stereocenters. The minimum atomic E-state index is -2.65. The van der Waals surface area contributed by atoms with Crippen LogP contribution in [-0.4, -0.2) is 88.7 Å². The van der Waals surface area contributed by atoms with Crippen molar-refractivity contribution >= 4 is 28.9 Å². The van der Waals surface area contributed by atoms with E-state index in [0.29, 0.717) is 29.6 Å². The number of ketones is 2. The van der Waals surface area contributed by atoms with E-state index in [1.54, 1.807) is 14.1 Å². The van der Waals surface area contributed by atoms with Gasteiger partial charge in [0.1, 0.15) is 22.8 Å². The number of phenolic OH excluding ortho intramolecular Hbond substituents is 1. The molecule has 0 aliphatic heterocycles. The maximum absolute atomic E-state index is 14.1. The molecule has 42 heavy (non-hydrogen) atoms. The van der Waals surface area contributed by atoms with E-state index in [1.165, 1.54) is 4.90 Å². The number of phenols is 1. The van der Waals surface area contributed by atoms with E-state index < -0.39 is 58.0 Å². The Morgan fingerprint density at radius 1 is 1.10 bits per heavy atom. The summed E-state index contributed by atoms with van der Waals surface area (Å²) in [6.45, 7) is 2.61. The van der Waals surface area contributed by atoms with Crippen LogP contribution in [0.2, 0.25) is 0 Å². The molecule has 0 spiro atoms. The number of aliphatic hydroxyl groups is 3. The molecule has 7 N–H and O–H groups in total. The molecule has 0 radical (unpaired) electrons. The largest absolute Gasteiger partial charge is 0.508 e.